The van der Waals surface area contributed by atoms with E-state index in [1.165, 1.54) is 7.11 Å². The van der Waals surface area contributed by atoms with E-state index in [1.54, 1.807) is 12.4 Å². The molecule has 1 unspecified atom stereocenters. The van der Waals surface area contributed by atoms with E-state index in [-0.39, 0.29) is 12.0 Å². The molecule has 17 heavy (non-hydrogen) atoms. The lowest BCUT2D eigenvalue weighted by Crippen LogP contribution is -2.47. The van der Waals surface area contributed by atoms with Gasteiger partial charge in [-0.25, -0.2) is 4.79 Å². The van der Waals surface area contributed by atoms with E-state index in [4.69, 9.17) is 4.74 Å². The zero-order valence-electron chi connectivity index (χ0n) is 9.93. The van der Waals surface area contributed by atoms with Gasteiger partial charge in [0.2, 0.25) is 0 Å². The van der Waals surface area contributed by atoms with Crippen LogP contribution in [-0.2, 0) is 9.53 Å². The molecule has 5 heteroatoms. The summed E-state index contributed by atoms with van der Waals surface area (Å²) in [6.45, 7) is 3.50. The molecule has 1 N–H and O–H groups in total. The van der Waals surface area contributed by atoms with Crippen LogP contribution in [0.4, 0.5) is 0 Å². The molecule has 0 aromatic carbocycles. The molecule has 0 bridgehead atoms. The maximum absolute atomic E-state index is 11.9. The van der Waals surface area contributed by atoms with Crippen molar-refractivity contribution in [2.75, 3.05) is 33.3 Å². The Morgan fingerprint density at radius 1 is 1.41 bits per heavy atom. The molecule has 0 saturated carbocycles. The average molecular weight is 235 g/mol. The van der Waals surface area contributed by atoms with Crippen molar-refractivity contribution >= 4 is 5.97 Å². The molecule has 0 spiro atoms. The third-order valence-corrected chi connectivity index (χ3v) is 2.96. The number of hydrogen-bond donors (Lipinski definition) is 1. The topological polar surface area (TPSA) is 54.5 Å². The Labute approximate surface area is 101 Å². The van der Waals surface area contributed by atoms with Crippen molar-refractivity contribution in [3.63, 3.8) is 0 Å². The molecule has 2 rings (SSSR count). The van der Waals surface area contributed by atoms with Crippen LogP contribution in [0.5, 0.6) is 0 Å². The number of nitrogens with one attached hydrogen (secondary N) is 1. The van der Waals surface area contributed by atoms with E-state index in [2.05, 4.69) is 15.2 Å². The summed E-state index contributed by atoms with van der Waals surface area (Å²) in [5, 5.41) is 3.27. The van der Waals surface area contributed by atoms with Crippen LogP contribution in [0.3, 0.4) is 0 Å². The highest BCUT2D eigenvalue weighted by atomic mass is 16.5. The molecule has 1 saturated heterocycles. The molecule has 0 aliphatic carbocycles. The van der Waals surface area contributed by atoms with Gasteiger partial charge >= 0.3 is 5.97 Å². The number of esters is 1. The van der Waals surface area contributed by atoms with Gasteiger partial charge in [-0.2, -0.15) is 0 Å². The normalized spacial score (nSPS) is 18.6. The predicted molar refractivity (Wildman–Crippen MR) is 63.4 cm³/mol. The molecule has 1 aromatic rings. The first-order valence-corrected chi connectivity index (χ1v) is 5.75. The number of carbonyl (C=O) groups is 1. The van der Waals surface area contributed by atoms with Crippen molar-refractivity contribution in [1.82, 2.24) is 15.2 Å². The number of nitrogens with zero attached hydrogens (tertiary/aromatic N) is 2. The van der Waals surface area contributed by atoms with E-state index in [1.807, 2.05) is 12.1 Å². The molecule has 92 valence electrons. The van der Waals surface area contributed by atoms with Gasteiger partial charge in [-0.05, 0) is 17.7 Å². The Morgan fingerprint density at radius 2 is 2.06 bits per heavy atom. The Morgan fingerprint density at radius 3 is 2.65 bits per heavy atom. The lowest BCUT2D eigenvalue weighted by Gasteiger charge is -2.33. The molecule has 0 amide bonds. The minimum atomic E-state index is -0.315. The van der Waals surface area contributed by atoms with Crippen LogP contribution in [0.15, 0.2) is 24.5 Å². The van der Waals surface area contributed by atoms with E-state index in [9.17, 15) is 4.79 Å². The van der Waals surface area contributed by atoms with Crippen LogP contribution in [0.2, 0.25) is 0 Å². The quantitative estimate of drug-likeness (QED) is 0.759. The van der Waals surface area contributed by atoms with Gasteiger partial charge < -0.3 is 10.1 Å². The van der Waals surface area contributed by atoms with Crippen molar-refractivity contribution in [3.05, 3.63) is 30.1 Å². The molecule has 1 fully saturated rings. The van der Waals surface area contributed by atoms with Crippen molar-refractivity contribution in [2.45, 2.75) is 6.04 Å². The molecular weight excluding hydrogens is 218 g/mol. The minimum absolute atomic E-state index is 0.210. The van der Waals surface area contributed by atoms with Gasteiger partial charge in [-0.1, -0.05) is 0 Å². The number of rotatable bonds is 3. The second kappa shape index (κ2) is 5.75. The van der Waals surface area contributed by atoms with Crippen LogP contribution in [0.25, 0.3) is 0 Å². The number of piperazine rings is 1. The molecule has 1 aromatic heterocycles. The Balaban J connectivity index is 2.21. The summed E-state index contributed by atoms with van der Waals surface area (Å²) in [5.41, 5.74) is 0.939. The number of methoxy groups -OCH3 is 1. The van der Waals surface area contributed by atoms with Crippen LogP contribution in [-0.4, -0.2) is 49.1 Å². The van der Waals surface area contributed by atoms with Crippen molar-refractivity contribution in [3.8, 4) is 0 Å². The average Bonchev–Trinajstić information content (AvgIpc) is 2.41. The van der Waals surface area contributed by atoms with Crippen LogP contribution >= 0.6 is 0 Å². The van der Waals surface area contributed by atoms with E-state index in [0.717, 1.165) is 31.7 Å². The van der Waals surface area contributed by atoms with Gasteiger partial charge in [0, 0.05) is 38.6 Å². The lowest BCUT2D eigenvalue weighted by atomic mass is 10.1. The number of carbonyl (C=O) groups excluding carboxylic acids is 1. The fourth-order valence-electron chi connectivity index (χ4n) is 2.09. The Kier molecular flexibility index (Phi) is 4.06. The molecule has 0 radical (unpaired) electrons. The zero-order valence-corrected chi connectivity index (χ0v) is 9.93. The monoisotopic (exact) mass is 235 g/mol. The summed E-state index contributed by atoms with van der Waals surface area (Å²) in [5.74, 6) is -0.210. The van der Waals surface area contributed by atoms with Gasteiger partial charge in [0.25, 0.3) is 0 Å². The third kappa shape index (κ3) is 2.81. The first kappa shape index (κ1) is 12.0. The summed E-state index contributed by atoms with van der Waals surface area (Å²) < 4.78 is 4.90. The molecule has 2 heterocycles. The highest BCUT2D eigenvalue weighted by Gasteiger charge is 2.29. The number of pyridine rings is 1. The fourth-order valence-corrected chi connectivity index (χ4v) is 2.09. The van der Waals surface area contributed by atoms with Gasteiger partial charge in [0.15, 0.2) is 0 Å². The van der Waals surface area contributed by atoms with Gasteiger partial charge in [0.05, 0.1) is 7.11 Å². The standard InChI is InChI=1S/C12H17N3O2/c1-17-12(16)11(10-2-4-13-5-3-10)15-8-6-14-7-9-15/h2-5,11,14H,6-9H2,1H3. The maximum atomic E-state index is 11.9. The van der Waals surface area contributed by atoms with Crippen molar-refractivity contribution in [2.24, 2.45) is 0 Å². The van der Waals surface area contributed by atoms with Gasteiger partial charge in [-0.3, -0.25) is 9.88 Å². The van der Waals surface area contributed by atoms with E-state index in [0.29, 0.717) is 0 Å². The smallest absolute Gasteiger partial charge is 0.327 e. The third-order valence-electron chi connectivity index (χ3n) is 2.96. The first-order chi connectivity index (χ1) is 8.33. The summed E-state index contributed by atoms with van der Waals surface area (Å²) >= 11 is 0. The van der Waals surface area contributed by atoms with Crippen molar-refractivity contribution < 1.29 is 9.53 Å². The lowest BCUT2D eigenvalue weighted by molar-refractivity contribution is -0.147. The second-order valence-corrected chi connectivity index (χ2v) is 3.99. The molecular formula is C12H17N3O2. The van der Waals surface area contributed by atoms with Gasteiger partial charge in [-0.15, -0.1) is 0 Å². The van der Waals surface area contributed by atoms with Crippen LogP contribution < -0.4 is 5.32 Å². The Bertz CT molecular complexity index is 363. The fraction of sp³-hybridized carbons (Fsp3) is 0.500. The minimum Gasteiger partial charge on any atom is -0.468 e. The summed E-state index contributed by atoms with van der Waals surface area (Å²) in [4.78, 5) is 18.0. The van der Waals surface area contributed by atoms with Crippen molar-refractivity contribution in [1.29, 1.82) is 0 Å². The second-order valence-electron chi connectivity index (χ2n) is 3.99. The Hall–Kier alpha value is -1.46. The van der Waals surface area contributed by atoms with E-state index >= 15 is 0 Å². The van der Waals surface area contributed by atoms with E-state index < -0.39 is 0 Å². The molecule has 1 atom stereocenters. The summed E-state index contributed by atoms with van der Waals surface area (Å²) in [7, 11) is 1.43. The molecule has 1 aliphatic heterocycles. The largest absolute Gasteiger partial charge is 0.468 e. The summed E-state index contributed by atoms with van der Waals surface area (Å²) in [6, 6.07) is 3.41. The summed E-state index contributed by atoms with van der Waals surface area (Å²) in [6.07, 6.45) is 3.40. The van der Waals surface area contributed by atoms with Crippen LogP contribution in [0.1, 0.15) is 11.6 Å². The van der Waals surface area contributed by atoms with Gasteiger partial charge in [0.1, 0.15) is 6.04 Å². The number of ether oxygens (including phenoxy) is 1. The molecule has 1 aliphatic rings. The predicted octanol–water partition coefficient (Wildman–Crippen LogP) is 0.201. The van der Waals surface area contributed by atoms with Crippen LogP contribution in [0, 0.1) is 0 Å². The SMILES string of the molecule is COC(=O)C(c1ccncc1)N1CCNCC1. The number of hydrogen-bond acceptors (Lipinski definition) is 5. The zero-order chi connectivity index (χ0) is 12.1. The highest BCUT2D eigenvalue weighted by molar-refractivity contribution is 5.77. The maximum Gasteiger partial charge on any atom is 0.327 e. The first-order valence-electron chi connectivity index (χ1n) is 5.75. The highest BCUT2D eigenvalue weighted by Crippen LogP contribution is 2.21. The molecule has 5 nitrogen and oxygen atoms in total. The number of aromatic nitrogens is 1.